The molecule has 1 aliphatic heterocycles. The molecule has 3 rings (SSSR count). The summed E-state index contributed by atoms with van der Waals surface area (Å²) in [6.45, 7) is 2.16. The van der Waals surface area contributed by atoms with Crippen LogP contribution in [0.15, 0.2) is 47.5 Å². The molecule has 15 heavy (non-hydrogen) atoms. The van der Waals surface area contributed by atoms with Gasteiger partial charge in [-0.25, -0.2) is 4.99 Å². The molecule has 1 heterocycles. The molecule has 0 saturated carbocycles. The lowest BCUT2D eigenvalue weighted by Crippen LogP contribution is -2.20. The largest absolute Gasteiger partial charge is 0.249 e. The van der Waals surface area contributed by atoms with Crippen molar-refractivity contribution >= 4 is 20.0 Å². The van der Waals surface area contributed by atoms with Crippen molar-refractivity contribution in [2.24, 2.45) is 4.99 Å². The third-order valence-electron chi connectivity index (χ3n) is 2.66. The van der Waals surface area contributed by atoms with E-state index >= 15 is 0 Å². The number of benzene rings is 2. The average molecular weight is 208 g/mol. The van der Waals surface area contributed by atoms with Crippen molar-refractivity contribution in [2.75, 3.05) is 0 Å². The van der Waals surface area contributed by atoms with Crippen molar-refractivity contribution in [3.63, 3.8) is 0 Å². The van der Waals surface area contributed by atoms with Crippen molar-refractivity contribution in [2.45, 2.75) is 6.92 Å². The molecular formula is C13H10NSi. The SMILES string of the molecule is Cc1cccc2c1=[Si]c1ccccc1N=2. The lowest BCUT2D eigenvalue weighted by Gasteiger charge is -2.06. The molecule has 0 atom stereocenters. The van der Waals surface area contributed by atoms with Crippen molar-refractivity contribution in [3.8, 4) is 0 Å². The Morgan fingerprint density at radius 2 is 1.87 bits per heavy atom. The highest BCUT2D eigenvalue weighted by molar-refractivity contribution is 6.48. The molecular weight excluding hydrogens is 198 g/mol. The van der Waals surface area contributed by atoms with Crippen LogP contribution in [0.2, 0.25) is 0 Å². The second-order valence-corrected chi connectivity index (χ2v) is 5.01. The van der Waals surface area contributed by atoms with Crippen LogP contribution < -0.4 is 10.5 Å². The Balaban J connectivity index is 2.44. The van der Waals surface area contributed by atoms with Crippen LogP contribution >= 0.6 is 0 Å². The third-order valence-corrected chi connectivity index (χ3v) is 4.25. The summed E-state index contributed by atoms with van der Waals surface area (Å²) < 4.78 is 0. The number of nitrogens with zero attached hydrogens (tertiary/aromatic N) is 1. The predicted octanol–water partition coefficient (Wildman–Crippen LogP) is 1.54. The molecule has 0 aromatic heterocycles. The average Bonchev–Trinajstić information content (AvgIpc) is 2.27. The van der Waals surface area contributed by atoms with E-state index in [9.17, 15) is 0 Å². The van der Waals surface area contributed by atoms with Gasteiger partial charge in [0, 0.05) is 0 Å². The van der Waals surface area contributed by atoms with Gasteiger partial charge in [-0.3, -0.25) is 0 Å². The second-order valence-electron chi connectivity index (χ2n) is 3.72. The summed E-state index contributed by atoms with van der Waals surface area (Å²) in [4.78, 5) is 6.08. The first-order valence-electron chi connectivity index (χ1n) is 5.02. The van der Waals surface area contributed by atoms with Crippen LogP contribution in [0.25, 0.3) is 0 Å². The van der Waals surface area contributed by atoms with E-state index in [1.54, 1.807) is 0 Å². The molecule has 0 fully saturated rings. The quantitative estimate of drug-likeness (QED) is 0.497. The van der Waals surface area contributed by atoms with Gasteiger partial charge in [-0.05, 0) is 34.6 Å². The zero-order chi connectivity index (χ0) is 10.3. The normalized spacial score (nSPS) is 12.1. The van der Waals surface area contributed by atoms with E-state index in [1.807, 2.05) is 6.07 Å². The van der Waals surface area contributed by atoms with Crippen LogP contribution in [-0.2, 0) is 0 Å². The molecule has 0 amide bonds. The van der Waals surface area contributed by atoms with Gasteiger partial charge in [0.2, 0.25) is 0 Å². The fourth-order valence-corrected chi connectivity index (χ4v) is 3.11. The van der Waals surface area contributed by atoms with Crippen LogP contribution in [0.1, 0.15) is 5.56 Å². The van der Waals surface area contributed by atoms with Crippen LogP contribution in [-0.4, -0.2) is 9.13 Å². The molecule has 71 valence electrons. The summed E-state index contributed by atoms with van der Waals surface area (Å²) >= 11 is 0. The van der Waals surface area contributed by atoms with E-state index in [1.165, 1.54) is 15.6 Å². The molecule has 0 spiro atoms. The number of rotatable bonds is 0. The van der Waals surface area contributed by atoms with Gasteiger partial charge in [-0.2, -0.15) is 0 Å². The summed E-state index contributed by atoms with van der Waals surface area (Å²) in [5, 5.41) is 2.51. The smallest absolute Gasteiger partial charge is 0.0747 e. The van der Waals surface area contributed by atoms with Gasteiger partial charge in [-0.1, -0.05) is 30.3 Å². The van der Waals surface area contributed by atoms with E-state index in [2.05, 4.69) is 48.3 Å². The van der Waals surface area contributed by atoms with Gasteiger partial charge in [-0.15, -0.1) is 0 Å². The maximum atomic E-state index is 4.68. The summed E-state index contributed by atoms with van der Waals surface area (Å²) in [6, 6.07) is 14.7. The molecule has 2 heteroatoms. The first kappa shape index (κ1) is 8.74. The lowest BCUT2D eigenvalue weighted by atomic mass is 10.2. The Morgan fingerprint density at radius 1 is 1.00 bits per heavy atom. The van der Waals surface area contributed by atoms with E-state index in [0.717, 1.165) is 20.2 Å². The van der Waals surface area contributed by atoms with E-state index in [-0.39, 0.29) is 0 Å². The van der Waals surface area contributed by atoms with Gasteiger partial charge in [0.25, 0.3) is 0 Å². The Morgan fingerprint density at radius 3 is 2.80 bits per heavy atom. The van der Waals surface area contributed by atoms with Gasteiger partial charge in [0.05, 0.1) is 20.2 Å². The summed E-state index contributed by atoms with van der Waals surface area (Å²) in [7, 11) is 0.749. The van der Waals surface area contributed by atoms with Crippen LogP contribution in [0.5, 0.6) is 0 Å². The predicted molar refractivity (Wildman–Crippen MR) is 62.7 cm³/mol. The molecule has 0 aliphatic carbocycles. The minimum absolute atomic E-state index is 0.749. The van der Waals surface area contributed by atoms with Crippen LogP contribution in [0.3, 0.4) is 0 Å². The second kappa shape index (κ2) is 3.24. The highest BCUT2D eigenvalue weighted by Crippen LogP contribution is 2.08. The molecule has 1 radical (unpaired) electrons. The standard InChI is InChI=1S/C13H10NSi/c1-9-5-4-7-11-13(9)15-12-8-3-2-6-10(12)14-11/h2-8H,1H3. The minimum atomic E-state index is 0.749. The molecule has 1 nitrogen and oxygen atoms in total. The molecule has 2 aromatic carbocycles. The highest BCUT2D eigenvalue weighted by Gasteiger charge is 2.03. The van der Waals surface area contributed by atoms with Gasteiger partial charge in [0.1, 0.15) is 0 Å². The fourth-order valence-electron chi connectivity index (χ4n) is 1.85. The fraction of sp³-hybridized carbons (Fsp3) is 0.0769. The van der Waals surface area contributed by atoms with E-state index in [0.29, 0.717) is 0 Å². The highest BCUT2D eigenvalue weighted by atomic mass is 28.2. The van der Waals surface area contributed by atoms with Crippen LogP contribution in [0.4, 0.5) is 5.69 Å². The Kier molecular flexibility index (Phi) is 1.89. The van der Waals surface area contributed by atoms with Gasteiger partial charge in [0.15, 0.2) is 0 Å². The van der Waals surface area contributed by atoms with Gasteiger partial charge < -0.3 is 0 Å². The Labute approximate surface area is 90.6 Å². The number of para-hydroxylation sites is 1. The lowest BCUT2D eigenvalue weighted by molar-refractivity contribution is 1.28. The first-order chi connectivity index (χ1) is 7.34. The molecule has 2 aromatic rings. The minimum Gasteiger partial charge on any atom is -0.249 e. The molecule has 0 bridgehead atoms. The Bertz CT molecular complexity index is 644. The van der Waals surface area contributed by atoms with Crippen molar-refractivity contribution in [1.29, 1.82) is 0 Å². The topological polar surface area (TPSA) is 12.4 Å². The van der Waals surface area contributed by atoms with Gasteiger partial charge >= 0.3 is 0 Å². The van der Waals surface area contributed by atoms with E-state index < -0.39 is 0 Å². The molecule has 0 N–H and O–H groups in total. The summed E-state index contributed by atoms with van der Waals surface area (Å²) in [5.41, 5.74) is 2.48. The number of hydrogen-bond donors (Lipinski definition) is 0. The summed E-state index contributed by atoms with van der Waals surface area (Å²) in [5.74, 6) is 0. The number of fused-ring (bicyclic) bond motifs is 2. The Hall–Kier alpha value is -1.54. The van der Waals surface area contributed by atoms with Crippen molar-refractivity contribution < 1.29 is 0 Å². The maximum absolute atomic E-state index is 4.68. The molecule has 0 saturated heterocycles. The van der Waals surface area contributed by atoms with Crippen molar-refractivity contribution in [3.05, 3.63) is 58.2 Å². The molecule has 0 unspecified atom stereocenters. The zero-order valence-corrected chi connectivity index (χ0v) is 9.49. The summed E-state index contributed by atoms with van der Waals surface area (Å²) in [6.07, 6.45) is 0. The van der Waals surface area contributed by atoms with Crippen molar-refractivity contribution in [1.82, 2.24) is 0 Å². The van der Waals surface area contributed by atoms with Crippen LogP contribution in [0, 0.1) is 11.7 Å². The number of hydrogen-bond acceptors (Lipinski definition) is 1. The maximum Gasteiger partial charge on any atom is 0.0747 e. The molecule has 1 aliphatic rings. The zero-order valence-electron chi connectivity index (χ0n) is 8.49. The third kappa shape index (κ3) is 1.38. The first-order valence-corrected chi connectivity index (χ1v) is 6.02. The van der Waals surface area contributed by atoms with E-state index in [4.69, 9.17) is 0 Å². The number of aryl methyl sites for hydroxylation is 1. The monoisotopic (exact) mass is 208 g/mol.